The van der Waals surface area contributed by atoms with Gasteiger partial charge in [0.15, 0.2) is 9.84 Å². The molecule has 1 amide bonds. The summed E-state index contributed by atoms with van der Waals surface area (Å²) >= 11 is 0. The molecular formula is C21H27FN2O5S2. The molecule has 0 spiro atoms. The van der Waals surface area contributed by atoms with Crippen LogP contribution in [0.25, 0.3) is 0 Å². The van der Waals surface area contributed by atoms with Gasteiger partial charge in [0.2, 0.25) is 15.9 Å². The van der Waals surface area contributed by atoms with E-state index in [1.807, 2.05) is 6.92 Å². The van der Waals surface area contributed by atoms with Gasteiger partial charge in [-0.3, -0.25) is 9.10 Å². The first-order valence-electron chi connectivity index (χ1n) is 9.75. The highest BCUT2D eigenvalue weighted by Gasteiger charge is 2.21. The van der Waals surface area contributed by atoms with Crippen molar-refractivity contribution in [2.75, 3.05) is 23.4 Å². The lowest BCUT2D eigenvalue weighted by Crippen LogP contribution is -2.33. The molecule has 2 rings (SSSR count). The monoisotopic (exact) mass is 470 g/mol. The summed E-state index contributed by atoms with van der Waals surface area (Å²) in [6.45, 7) is 1.85. The molecular weight excluding hydrogens is 443 g/mol. The van der Waals surface area contributed by atoms with Gasteiger partial charge in [-0.1, -0.05) is 31.2 Å². The van der Waals surface area contributed by atoms with Crippen LogP contribution in [0.1, 0.15) is 37.8 Å². The van der Waals surface area contributed by atoms with E-state index in [4.69, 9.17) is 0 Å². The Morgan fingerprint density at radius 3 is 2.16 bits per heavy atom. The van der Waals surface area contributed by atoms with Crippen molar-refractivity contribution in [2.24, 2.45) is 0 Å². The molecule has 31 heavy (non-hydrogen) atoms. The number of hydrogen-bond donors (Lipinski definition) is 1. The van der Waals surface area contributed by atoms with E-state index in [0.29, 0.717) is 6.42 Å². The lowest BCUT2D eigenvalue weighted by atomic mass is 10.0. The van der Waals surface area contributed by atoms with Crippen molar-refractivity contribution in [1.29, 1.82) is 0 Å². The normalized spacial score (nSPS) is 12.9. The molecule has 0 radical (unpaired) electrons. The van der Waals surface area contributed by atoms with Crippen LogP contribution in [0, 0.1) is 5.82 Å². The molecule has 1 N–H and O–H groups in total. The molecule has 1 unspecified atom stereocenters. The summed E-state index contributed by atoms with van der Waals surface area (Å²) < 4.78 is 62.3. The van der Waals surface area contributed by atoms with Crippen LogP contribution in [0.2, 0.25) is 0 Å². The number of rotatable bonds is 10. The topological polar surface area (TPSA) is 101 Å². The third kappa shape index (κ3) is 7.03. The van der Waals surface area contributed by atoms with Gasteiger partial charge in [-0.2, -0.15) is 0 Å². The van der Waals surface area contributed by atoms with Crippen molar-refractivity contribution in [2.45, 2.75) is 37.1 Å². The summed E-state index contributed by atoms with van der Waals surface area (Å²) in [5.41, 5.74) is 0.718. The Labute approximate surface area is 183 Å². The highest BCUT2D eigenvalue weighted by Crippen LogP contribution is 2.22. The number of carbonyl (C=O) groups excluding carboxylic acids is 1. The Morgan fingerprint density at radius 2 is 1.65 bits per heavy atom. The minimum Gasteiger partial charge on any atom is -0.349 e. The molecule has 0 heterocycles. The fourth-order valence-corrected chi connectivity index (χ4v) is 4.73. The standard InChI is InChI=1S/C21H27FN2O5S2/c1-4-19(16-11-13-17(14-12-16)30(2,26)27)23-21(25)10-7-15-24(31(3,28)29)20-9-6-5-8-18(20)22/h5-6,8-9,11-14,19H,4,7,10,15H2,1-3H3,(H,23,25). The predicted molar refractivity (Wildman–Crippen MR) is 119 cm³/mol. The van der Waals surface area contributed by atoms with Crippen LogP contribution in [0.4, 0.5) is 10.1 Å². The fourth-order valence-electron chi connectivity index (χ4n) is 3.14. The summed E-state index contributed by atoms with van der Waals surface area (Å²) in [4.78, 5) is 12.6. The molecule has 2 aromatic carbocycles. The van der Waals surface area contributed by atoms with Crippen molar-refractivity contribution in [3.05, 3.63) is 59.9 Å². The van der Waals surface area contributed by atoms with Gasteiger partial charge in [-0.15, -0.1) is 0 Å². The molecule has 170 valence electrons. The summed E-state index contributed by atoms with van der Waals surface area (Å²) in [5, 5.41) is 2.87. The van der Waals surface area contributed by atoms with Crippen LogP contribution in [0.15, 0.2) is 53.4 Å². The van der Waals surface area contributed by atoms with E-state index in [2.05, 4.69) is 5.32 Å². The Kier molecular flexibility index (Phi) is 8.19. The third-order valence-corrected chi connectivity index (χ3v) is 7.05. The van der Waals surface area contributed by atoms with Gasteiger partial charge in [-0.25, -0.2) is 21.2 Å². The molecule has 0 aliphatic carbocycles. The third-order valence-electron chi connectivity index (χ3n) is 4.74. The maximum atomic E-state index is 14.0. The van der Waals surface area contributed by atoms with E-state index < -0.39 is 25.7 Å². The van der Waals surface area contributed by atoms with Crippen LogP contribution in [0.3, 0.4) is 0 Å². The first-order chi connectivity index (χ1) is 14.4. The number of anilines is 1. The zero-order chi connectivity index (χ0) is 23.2. The Morgan fingerprint density at radius 1 is 1.03 bits per heavy atom. The zero-order valence-electron chi connectivity index (χ0n) is 17.7. The van der Waals surface area contributed by atoms with E-state index in [0.717, 1.165) is 22.4 Å². The van der Waals surface area contributed by atoms with Crippen LogP contribution < -0.4 is 9.62 Å². The smallest absolute Gasteiger partial charge is 0.232 e. The fraction of sp³-hybridized carbons (Fsp3) is 0.381. The molecule has 10 heteroatoms. The largest absolute Gasteiger partial charge is 0.349 e. The lowest BCUT2D eigenvalue weighted by Gasteiger charge is -2.23. The number of nitrogens with zero attached hydrogens (tertiary/aromatic N) is 1. The first kappa shape index (κ1) is 24.8. The maximum Gasteiger partial charge on any atom is 0.232 e. The highest BCUT2D eigenvalue weighted by atomic mass is 32.2. The lowest BCUT2D eigenvalue weighted by molar-refractivity contribution is -0.121. The Bertz CT molecular complexity index is 1120. The zero-order valence-corrected chi connectivity index (χ0v) is 19.3. The molecule has 0 fully saturated rings. The number of sulfone groups is 1. The molecule has 0 aliphatic heterocycles. The minimum absolute atomic E-state index is 0.0347. The van der Waals surface area contributed by atoms with E-state index >= 15 is 0 Å². The van der Waals surface area contributed by atoms with Crippen LogP contribution in [-0.2, 0) is 24.7 Å². The summed E-state index contributed by atoms with van der Waals surface area (Å²) in [7, 11) is -7.01. The van der Waals surface area contributed by atoms with Crippen LogP contribution in [0.5, 0.6) is 0 Å². The molecule has 7 nitrogen and oxygen atoms in total. The SMILES string of the molecule is CCC(NC(=O)CCCN(c1ccccc1F)S(C)(=O)=O)c1ccc(S(C)(=O)=O)cc1. The molecule has 2 aromatic rings. The summed E-state index contributed by atoms with van der Waals surface area (Å²) in [5.74, 6) is -0.929. The van der Waals surface area contributed by atoms with Crippen molar-refractivity contribution in [3.63, 3.8) is 0 Å². The maximum absolute atomic E-state index is 14.0. The highest BCUT2D eigenvalue weighted by molar-refractivity contribution is 7.92. The van der Waals surface area contributed by atoms with Gasteiger partial charge < -0.3 is 5.32 Å². The summed E-state index contributed by atoms with van der Waals surface area (Å²) in [6, 6.07) is 11.6. The quantitative estimate of drug-likeness (QED) is 0.575. The number of halogens is 1. The summed E-state index contributed by atoms with van der Waals surface area (Å²) in [6.07, 6.45) is 2.97. The number of amides is 1. The van der Waals surface area contributed by atoms with Gasteiger partial charge in [0.05, 0.1) is 22.9 Å². The van der Waals surface area contributed by atoms with E-state index in [-0.39, 0.29) is 41.9 Å². The second-order valence-corrected chi connectivity index (χ2v) is 11.2. The van der Waals surface area contributed by atoms with Crippen molar-refractivity contribution in [1.82, 2.24) is 5.32 Å². The van der Waals surface area contributed by atoms with Crippen molar-refractivity contribution >= 4 is 31.5 Å². The molecule has 0 saturated heterocycles. The Hall–Kier alpha value is -2.46. The van der Waals surface area contributed by atoms with Gasteiger partial charge in [0, 0.05) is 19.2 Å². The molecule has 0 bridgehead atoms. The van der Waals surface area contributed by atoms with E-state index in [1.54, 1.807) is 18.2 Å². The van der Waals surface area contributed by atoms with E-state index in [9.17, 15) is 26.0 Å². The van der Waals surface area contributed by atoms with Crippen LogP contribution in [-0.4, -0.2) is 41.8 Å². The number of carbonyl (C=O) groups is 1. The van der Waals surface area contributed by atoms with E-state index in [1.165, 1.54) is 30.3 Å². The van der Waals surface area contributed by atoms with Crippen molar-refractivity contribution < 1.29 is 26.0 Å². The van der Waals surface area contributed by atoms with Crippen molar-refractivity contribution in [3.8, 4) is 0 Å². The Balaban J connectivity index is 2.00. The number of hydrogen-bond acceptors (Lipinski definition) is 5. The predicted octanol–water partition coefficient (Wildman–Crippen LogP) is 3.04. The number of para-hydroxylation sites is 1. The average Bonchev–Trinajstić information content (AvgIpc) is 2.69. The second kappa shape index (κ2) is 10.2. The molecule has 0 aromatic heterocycles. The van der Waals surface area contributed by atoms with Gasteiger partial charge in [0.1, 0.15) is 5.82 Å². The van der Waals surface area contributed by atoms with Gasteiger partial charge in [-0.05, 0) is 42.7 Å². The van der Waals surface area contributed by atoms with Crippen LogP contribution >= 0.6 is 0 Å². The second-order valence-electron chi connectivity index (χ2n) is 7.26. The average molecular weight is 471 g/mol. The minimum atomic E-state index is -3.71. The van der Waals surface area contributed by atoms with Gasteiger partial charge in [0.25, 0.3) is 0 Å². The molecule has 1 atom stereocenters. The van der Waals surface area contributed by atoms with Gasteiger partial charge >= 0.3 is 0 Å². The first-order valence-corrected chi connectivity index (χ1v) is 13.5. The number of nitrogens with one attached hydrogen (secondary N) is 1. The molecule has 0 aliphatic rings. The molecule has 0 saturated carbocycles. The number of sulfonamides is 1. The number of benzene rings is 2.